The van der Waals surface area contributed by atoms with Crippen molar-refractivity contribution in [3.63, 3.8) is 0 Å². The van der Waals surface area contributed by atoms with E-state index in [4.69, 9.17) is 33.2 Å². The molecule has 2 spiro atoms. The Balaban J connectivity index is 1.04. The van der Waals surface area contributed by atoms with Crippen molar-refractivity contribution in [3.05, 3.63) is 0 Å². The second kappa shape index (κ2) is 16.2. The summed E-state index contributed by atoms with van der Waals surface area (Å²) in [6.45, 7) is 13.2. The van der Waals surface area contributed by atoms with Crippen molar-refractivity contribution in [2.24, 2.45) is 44.8 Å². The maximum atomic E-state index is 12.3. The van der Waals surface area contributed by atoms with Crippen LogP contribution in [0, 0.1) is 44.8 Å². The van der Waals surface area contributed by atoms with E-state index in [0.717, 1.165) is 19.3 Å². The SMILES string of the molecule is CC(C)(O)C1CCC(C)(C2C(O)CC3(C)C4CC(OC5OC(CO)C(O)C(O)C5O)C5C(C)(C)C(OC6OCC(O)C(O)C6OC6OCC(O)C(O)C6O)CCC56CC46CCC23C)O1. The van der Waals surface area contributed by atoms with Gasteiger partial charge in [-0.3, -0.25) is 0 Å². The number of hydrogen-bond donors (Lipinski definition) is 11. The lowest BCUT2D eigenvalue weighted by Gasteiger charge is -2.65. The molecule has 0 aromatic heterocycles. The van der Waals surface area contributed by atoms with E-state index >= 15 is 0 Å². The van der Waals surface area contributed by atoms with Crippen LogP contribution >= 0.6 is 0 Å². The van der Waals surface area contributed by atoms with Gasteiger partial charge in [0.2, 0.25) is 0 Å². The zero-order valence-electron chi connectivity index (χ0n) is 38.3. The lowest BCUT2D eigenvalue weighted by atomic mass is 9.41. The first-order valence-electron chi connectivity index (χ1n) is 23.8. The van der Waals surface area contributed by atoms with Gasteiger partial charge in [-0.2, -0.15) is 0 Å². The zero-order chi connectivity index (χ0) is 46.5. The van der Waals surface area contributed by atoms with E-state index in [-0.39, 0.29) is 53.3 Å². The Morgan fingerprint density at radius 3 is 1.94 bits per heavy atom. The normalized spacial score (nSPS) is 58.2. The van der Waals surface area contributed by atoms with Crippen LogP contribution in [0.3, 0.4) is 0 Å². The second-order valence-electron chi connectivity index (χ2n) is 23.4. The van der Waals surface area contributed by atoms with Gasteiger partial charge in [-0.25, -0.2) is 0 Å². The summed E-state index contributed by atoms with van der Waals surface area (Å²) in [5, 5.41) is 119. The third-order valence-electron chi connectivity index (χ3n) is 19.3. The van der Waals surface area contributed by atoms with Crippen LogP contribution in [0.25, 0.3) is 0 Å². The first-order chi connectivity index (χ1) is 29.8. The molecule has 0 bridgehead atoms. The van der Waals surface area contributed by atoms with Crippen LogP contribution < -0.4 is 0 Å². The summed E-state index contributed by atoms with van der Waals surface area (Å²) in [6, 6.07) is 0. The predicted molar refractivity (Wildman–Crippen MR) is 220 cm³/mol. The molecule has 9 aliphatic rings. The van der Waals surface area contributed by atoms with Gasteiger partial charge >= 0.3 is 0 Å². The molecule has 9 fully saturated rings. The van der Waals surface area contributed by atoms with E-state index in [2.05, 4.69) is 34.6 Å². The molecule has 0 radical (unpaired) electrons. The molecule has 64 heavy (non-hydrogen) atoms. The van der Waals surface area contributed by atoms with Gasteiger partial charge < -0.3 is 89.3 Å². The third-order valence-corrected chi connectivity index (χ3v) is 19.3. The fraction of sp³-hybridized carbons (Fsp3) is 1.00. The number of hydrogen-bond acceptors (Lipinski definition) is 18. The summed E-state index contributed by atoms with van der Waals surface area (Å²) >= 11 is 0. The summed E-state index contributed by atoms with van der Waals surface area (Å²) < 4.78 is 44.1. The van der Waals surface area contributed by atoms with Crippen molar-refractivity contribution >= 4 is 0 Å². The molecule has 5 saturated carbocycles. The second-order valence-corrected chi connectivity index (χ2v) is 23.4. The van der Waals surface area contributed by atoms with Gasteiger partial charge in [0.1, 0.15) is 61.0 Å². The van der Waals surface area contributed by atoms with E-state index in [1.54, 1.807) is 13.8 Å². The van der Waals surface area contributed by atoms with Gasteiger partial charge in [0, 0.05) is 5.92 Å². The van der Waals surface area contributed by atoms with Crippen LogP contribution in [-0.4, -0.2) is 192 Å². The number of ether oxygens (including phenoxy) is 7. The fourth-order valence-corrected chi connectivity index (χ4v) is 16.1. The number of rotatable bonds is 9. The zero-order valence-corrected chi connectivity index (χ0v) is 38.3. The molecule has 18 nitrogen and oxygen atoms in total. The Bertz CT molecular complexity index is 1710. The molecule has 11 N–H and O–H groups in total. The van der Waals surface area contributed by atoms with E-state index < -0.39 is 127 Å². The molecular weight excluding hydrogens is 840 g/mol. The maximum Gasteiger partial charge on any atom is 0.186 e. The van der Waals surface area contributed by atoms with E-state index in [0.29, 0.717) is 38.5 Å². The van der Waals surface area contributed by atoms with Gasteiger partial charge in [0.05, 0.1) is 55.4 Å². The quantitative estimate of drug-likeness (QED) is 0.126. The average Bonchev–Trinajstić information content (AvgIpc) is 3.59. The molecule has 5 aliphatic carbocycles. The molecule has 0 amide bonds. The van der Waals surface area contributed by atoms with Crippen molar-refractivity contribution < 1.29 is 89.3 Å². The summed E-state index contributed by atoms with van der Waals surface area (Å²) in [5.74, 6) is -0.417. The number of aliphatic hydroxyl groups is 11. The molecule has 18 heteroatoms. The molecule has 9 rings (SSSR count). The largest absolute Gasteiger partial charge is 0.394 e. The summed E-state index contributed by atoms with van der Waals surface area (Å²) in [7, 11) is 0. The molecule has 4 saturated heterocycles. The van der Waals surface area contributed by atoms with Gasteiger partial charge in [0.25, 0.3) is 0 Å². The Morgan fingerprint density at radius 2 is 1.28 bits per heavy atom. The van der Waals surface area contributed by atoms with Gasteiger partial charge in [-0.15, -0.1) is 0 Å². The molecular formula is C46H76O18. The van der Waals surface area contributed by atoms with Crippen LogP contribution in [0.4, 0.5) is 0 Å². The minimum atomic E-state index is -1.67. The summed E-state index contributed by atoms with van der Waals surface area (Å²) in [4.78, 5) is 0. The molecule has 0 aromatic carbocycles. The van der Waals surface area contributed by atoms with Gasteiger partial charge in [0.15, 0.2) is 18.9 Å². The number of fused-ring (bicyclic) bond motifs is 2. The molecule has 0 aromatic rings. The Labute approximate surface area is 375 Å². The maximum absolute atomic E-state index is 12.3. The molecule has 4 heterocycles. The summed E-state index contributed by atoms with van der Waals surface area (Å²) in [5.41, 5.74) is -3.63. The first-order valence-corrected chi connectivity index (χ1v) is 23.8. The highest BCUT2D eigenvalue weighted by atomic mass is 16.8. The topological polar surface area (TPSA) is 287 Å². The molecule has 25 atom stereocenters. The highest BCUT2D eigenvalue weighted by molar-refractivity contribution is 5.33. The Hall–Kier alpha value is -0.720. The molecule has 368 valence electrons. The minimum Gasteiger partial charge on any atom is -0.394 e. The van der Waals surface area contributed by atoms with Crippen LogP contribution in [-0.2, 0) is 33.2 Å². The summed E-state index contributed by atoms with van der Waals surface area (Å²) in [6.07, 6.45) is -14.9. The van der Waals surface area contributed by atoms with Crippen molar-refractivity contribution in [2.45, 2.75) is 222 Å². The van der Waals surface area contributed by atoms with Crippen molar-refractivity contribution in [1.82, 2.24) is 0 Å². The predicted octanol–water partition coefficient (Wildman–Crippen LogP) is -0.813. The third kappa shape index (κ3) is 7.01. The van der Waals surface area contributed by atoms with Crippen LogP contribution in [0.2, 0.25) is 0 Å². The van der Waals surface area contributed by atoms with Crippen LogP contribution in [0.1, 0.15) is 106 Å². The molecule has 25 unspecified atom stereocenters. The van der Waals surface area contributed by atoms with Crippen LogP contribution in [0.15, 0.2) is 0 Å². The Morgan fingerprint density at radius 1 is 0.625 bits per heavy atom. The lowest BCUT2D eigenvalue weighted by Crippen LogP contribution is -2.65. The molecule has 4 aliphatic heterocycles. The smallest absolute Gasteiger partial charge is 0.186 e. The fourth-order valence-electron chi connectivity index (χ4n) is 16.1. The van der Waals surface area contributed by atoms with Crippen LogP contribution in [0.5, 0.6) is 0 Å². The van der Waals surface area contributed by atoms with E-state index in [9.17, 15) is 56.2 Å². The van der Waals surface area contributed by atoms with E-state index in [1.165, 1.54) is 0 Å². The first kappa shape index (κ1) is 48.3. The Kier molecular flexibility index (Phi) is 12.2. The van der Waals surface area contributed by atoms with Crippen molar-refractivity contribution in [1.29, 1.82) is 0 Å². The van der Waals surface area contributed by atoms with Gasteiger partial charge in [-0.05, 0) is 117 Å². The highest BCUT2D eigenvalue weighted by Gasteiger charge is 2.85. The van der Waals surface area contributed by atoms with Crippen molar-refractivity contribution in [3.8, 4) is 0 Å². The average molecular weight is 917 g/mol. The standard InChI is InChI=1S/C46H76O18/c1-40(2)26(62-39-34(29(52)22(50)18-59-39)63-37-32(55)28(51)21(49)17-58-37)9-11-46-19-45(46)13-12-42(5)35(44(7)10-8-27(64-44)41(3,4)57)20(48)15-43(42,6)25(45)14-23(36(40)46)60-38-33(56)31(54)30(53)24(16-47)61-38/h20-39,47-57H,8-19H2,1-7H3. The minimum absolute atomic E-state index is 0.0415. The van der Waals surface area contributed by atoms with Crippen molar-refractivity contribution in [2.75, 3.05) is 19.8 Å². The lowest BCUT2D eigenvalue weighted by molar-refractivity contribution is -0.360. The number of aliphatic hydroxyl groups excluding tert-OH is 10. The van der Waals surface area contributed by atoms with E-state index in [1.807, 2.05) is 0 Å². The van der Waals surface area contributed by atoms with Gasteiger partial charge in [-0.1, -0.05) is 27.7 Å². The monoisotopic (exact) mass is 917 g/mol. The highest BCUT2D eigenvalue weighted by Crippen LogP contribution is 2.89.